The Bertz CT molecular complexity index is 356. The molecule has 0 amide bonds. The Kier molecular flexibility index (Phi) is 7.18. The van der Waals surface area contributed by atoms with Crippen LogP contribution >= 0.6 is 27.3 Å². The minimum atomic E-state index is 0.599. The molecular weight excluding hydrogens is 304 g/mol. The van der Waals surface area contributed by atoms with Gasteiger partial charge in [0.2, 0.25) is 5.96 Å². The van der Waals surface area contributed by atoms with Crippen LogP contribution in [0, 0.1) is 0 Å². The molecule has 0 fully saturated rings. The zero-order valence-electron chi connectivity index (χ0n) is 9.70. The summed E-state index contributed by atoms with van der Waals surface area (Å²) < 4.78 is 6.04. The fraction of sp³-hybridized carbons (Fsp3) is 0.500. The molecule has 1 rings (SSSR count). The van der Waals surface area contributed by atoms with Gasteiger partial charge in [-0.05, 0) is 33.8 Å². The van der Waals surface area contributed by atoms with Gasteiger partial charge in [-0.2, -0.15) is 0 Å². The van der Waals surface area contributed by atoms with Crippen LogP contribution in [-0.2, 0) is 11.3 Å². The van der Waals surface area contributed by atoms with Crippen molar-refractivity contribution in [3.05, 3.63) is 20.8 Å². The summed E-state index contributed by atoms with van der Waals surface area (Å²) in [5.41, 5.74) is 2.55. The van der Waals surface area contributed by atoms with Gasteiger partial charge in [-0.3, -0.25) is 5.43 Å². The van der Waals surface area contributed by atoms with Gasteiger partial charge in [-0.15, -0.1) is 11.3 Å². The van der Waals surface area contributed by atoms with Crippen molar-refractivity contribution in [2.75, 3.05) is 20.3 Å². The second kappa shape index (κ2) is 8.46. The third-order valence-electron chi connectivity index (χ3n) is 2.03. The molecule has 0 bridgehead atoms. The molecular formula is C10H17BrN4OS. The topological polar surface area (TPSA) is 71.7 Å². The van der Waals surface area contributed by atoms with Gasteiger partial charge in [0.1, 0.15) is 0 Å². The van der Waals surface area contributed by atoms with Gasteiger partial charge in [-0.25, -0.2) is 10.8 Å². The molecule has 5 nitrogen and oxygen atoms in total. The average molecular weight is 321 g/mol. The summed E-state index contributed by atoms with van der Waals surface area (Å²) in [7, 11) is 1.69. The van der Waals surface area contributed by atoms with Crippen molar-refractivity contribution in [3.63, 3.8) is 0 Å². The standard InChI is InChI=1S/C10H17BrN4OS/c1-16-5-2-4-13-10(15-12)14-7-9-8(11)3-6-17-9/h3,6H,2,4-5,7,12H2,1H3,(H2,13,14,15). The number of aliphatic imine (C=N–C) groups is 1. The van der Waals surface area contributed by atoms with Gasteiger partial charge >= 0.3 is 0 Å². The van der Waals surface area contributed by atoms with Crippen molar-refractivity contribution in [3.8, 4) is 0 Å². The predicted molar refractivity (Wildman–Crippen MR) is 75.0 cm³/mol. The van der Waals surface area contributed by atoms with Gasteiger partial charge in [0.15, 0.2) is 0 Å². The molecule has 0 aromatic carbocycles. The van der Waals surface area contributed by atoms with Crippen LogP contribution in [0.1, 0.15) is 11.3 Å². The van der Waals surface area contributed by atoms with E-state index in [-0.39, 0.29) is 0 Å². The van der Waals surface area contributed by atoms with Gasteiger partial charge in [-0.1, -0.05) is 0 Å². The summed E-state index contributed by atoms with van der Waals surface area (Å²) in [6.45, 7) is 2.11. The average Bonchev–Trinajstić information content (AvgIpc) is 2.74. The largest absolute Gasteiger partial charge is 0.385 e. The molecule has 7 heteroatoms. The molecule has 0 saturated heterocycles. The molecule has 0 saturated carbocycles. The lowest BCUT2D eigenvalue weighted by atomic mass is 10.4. The maximum Gasteiger partial charge on any atom is 0.206 e. The van der Waals surface area contributed by atoms with Crippen LogP contribution in [0.4, 0.5) is 0 Å². The van der Waals surface area contributed by atoms with Crippen molar-refractivity contribution in [1.29, 1.82) is 0 Å². The molecule has 1 aromatic heterocycles. The van der Waals surface area contributed by atoms with E-state index in [4.69, 9.17) is 10.6 Å². The van der Waals surface area contributed by atoms with Crippen molar-refractivity contribution in [1.82, 2.24) is 10.7 Å². The number of nitrogens with two attached hydrogens (primary N) is 1. The second-order valence-electron chi connectivity index (χ2n) is 3.27. The Labute approximate surface area is 114 Å². The highest BCUT2D eigenvalue weighted by Crippen LogP contribution is 2.23. The Hall–Kier alpha value is -0.630. The molecule has 0 spiro atoms. The first-order chi connectivity index (χ1) is 8.27. The summed E-state index contributed by atoms with van der Waals surface area (Å²) in [5.74, 6) is 5.98. The first-order valence-electron chi connectivity index (χ1n) is 5.23. The number of rotatable bonds is 6. The van der Waals surface area contributed by atoms with Crippen LogP contribution in [0.2, 0.25) is 0 Å². The van der Waals surface area contributed by atoms with Crippen LogP contribution in [0.3, 0.4) is 0 Å². The Morgan fingerprint density at radius 2 is 2.47 bits per heavy atom. The summed E-state index contributed by atoms with van der Waals surface area (Å²) in [6, 6.07) is 2.01. The lowest BCUT2D eigenvalue weighted by Gasteiger charge is -2.08. The molecule has 0 unspecified atom stereocenters. The van der Waals surface area contributed by atoms with Crippen LogP contribution < -0.4 is 16.6 Å². The maximum atomic E-state index is 5.38. The van der Waals surface area contributed by atoms with Gasteiger partial charge in [0.25, 0.3) is 0 Å². The van der Waals surface area contributed by atoms with E-state index >= 15 is 0 Å². The third kappa shape index (κ3) is 5.49. The normalized spacial score (nSPS) is 11.6. The maximum absolute atomic E-state index is 5.38. The molecule has 0 aliphatic heterocycles. The molecule has 0 aliphatic rings. The number of hydrazine groups is 1. The van der Waals surface area contributed by atoms with Crippen molar-refractivity contribution in [2.24, 2.45) is 10.8 Å². The van der Waals surface area contributed by atoms with E-state index in [0.717, 1.165) is 24.0 Å². The van der Waals surface area contributed by atoms with Gasteiger partial charge < -0.3 is 10.1 Å². The van der Waals surface area contributed by atoms with E-state index in [1.807, 2.05) is 11.4 Å². The van der Waals surface area contributed by atoms with Crippen LogP contribution in [0.5, 0.6) is 0 Å². The van der Waals surface area contributed by atoms with Crippen molar-refractivity contribution < 1.29 is 4.74 Å². The van der Waals surface area contributed by atoms with Crippen molar-refractivity contribution >= 4 is 33.2 Å². The lowest BCUT2D eigenvalue weighted by Crippen LogP contribution is -2.42. The number of hydrogen-bond acceptors (Lipinski definition) is 4. The minimum Gasteiger partial charge on any atom is -0.385 e. The summed E-state index contributed by atoms with van der Waals surface area (Å²) in [4.78, 5) is 5.53. The highest BCUT2D eigenvalue weighted by Gasteiger charge is 2.01. The molecule has 0 aliphatic carbocycles. The second-order valence-corrected chi connectivity index (χ2v) is 5.13. The fourth-order valence-electron chi connectivity index (χ4n) is 1.16. The summed E-state index contributed by atoms with van der Waals surface area (Å²) in [6.07, 6.45) is 0.917. The molecule has 1 aromatic rings. The molecule has 1 heterocycles. The monoisotopic (exact) mass is 320 g/mol. The van der Waals surface area contributed by atoms with E-state index in [1.165, 1.54) is 4.88 Å². The molecule has 17 heavy (non-hydrogen) atoms. The Morgan fingerprint density at radius 3 is 3.06 bits per heavy atom. The third-order valence-corrected chi connectivity index (χ3v) is 3.94. The number of methoxy groups -OCH3 is 1. The molecule has 0 atom stereocenters. The van der Waals surface area contributed by atoms with Gasteiger partial charge in [0, 0.05) is 29.6 Å². The number of thiophene rings is 1. The van der Waals surface area contributed by atoms with Crippen LogP contribution in [0.15, 0.2) is 20.9 Å². The number of halogens is 1. The van der Waals surface area contributed by atoms with E-state index < -0.39 is 0 Å². The number of hydrogen-bond donors (Lipinski definition) is 3. The van der Waals surface area contributed by atoms with Crippen LogP contribution in [-0.4, -0.2) is 26.2 Å². The highest BCUT2D eigenvalue weighted by atomic mass is 79.9. The van der Waals surface area contributed by atoms with E-state index in [1.54, 1.807) is 18.4 Å². The summed E-state index contributed by atoms with van der Waals surface area (Å²) >= 11 is 5.13. The fourth-order valence-corrected chi connectivity index (χ4v) is 2.57. The highest BCUT2D eigenvalue weighted by molar-refractivity contribution is 9.10. The number of nitrogens with zero attached hydrogens (tertiary/aromatic N) is 1. The number of ether oxygens (including phenoxy) is 1. The number of guanidine groups is 1. The minimum absolute atomic E-state index is 0.599. The first kappa shape index (κ1) is 14.4. The predicted octanol–water partition coefficient (Wildman–Crippen LogP) is 1.46. The smallest absolute Gasteiger partial charge is 0.206 e. The Balaban J connectivity index is 2.36. The van der Waals surface area contributed by atoms with E-state index in [9.17, 15) is 0 Å². The van der Waals surface area contributed by atoms with E-state index in [0.29, 0.717) is 12.5 Å². The van der Waals surface area contributed by atoms with Crippen LogP contribution in [0.25, 0.3) is 0 Å². The first-order valence-corrected chi connectivity index (χ1v) is 6.91. The quantitative estimate of drug-likeness (QED) is 0.244. The lowest BCUT2D eigenvalue weighted by molar-refractivity contribution is 0.195. The summed E-state index contributed by atoms with van der Waals surface area (Å²) in [5, 5.41) is 5.13. The van der Waals surface area contributed by atoms with E-state index in [2.05, 4.69) is 31.7 Å². The Morgan fingerprint density at radius 1 is 1.65 bits per heavy atom. The number of nitrogens with one attached hydrogen (secondary N) is 2. The molecule has 4 N–H and O–H groups in total. The zero-order valence-corrected chi connectivity index (χ0v) is 12.1. The molecule has 96 valence electrons. The van der Waals surface area contributed by atoms with Crippen molar-refractivity contribution in [2.45, 2.75) is 13.0 Å². The van der Waals surface area contributed by atoms with Gasteiger partial charge in [0.05, 0.1) is 6.54 Å². The zero-order chi connectivity index (χ0) is 12.5. The SMILES string of the molecule is COCCCNC(=NCc1sccc1Br)NN. The molecule has 0 radical (unpaired) electrons.